The van der Waals surface area contributed by atoms with Gasteiger partial charge >= 0.3 is 20.5 Å². The quantitative estimate of drug-likeness (QED) is 0.0160. The fourth-order valence-corrected chi connectivity index (χ4v) is 12.9. The molecule has 11 nitrogen and oxygen atoms in total. The van der Waals surface area contributed by atoms with Gasteiger partial charge in [0, 0.05) is 12.8 Å². The lowest BCUT2D eigenvalue weighted by atomic mass is 9.85. The van der Waals surface area contributed by atoms with Crippen LogP contribution < -0.4 is 0 Å². The summed E-state index contributed by atoms with van der Waals surface area (Å²) in [4.78, 5) is 27.3. The summed E-state index contributed by atoms with van der Waals surface area (Å²) in [5, 5.41) is -0.844. The van der Waals surface area contributed by atoms with Crippen molar-refractivity contribution >= 4 is 32.1 Å². The maximum absolute atomic E-state index is 13.8. The van der Waals surface area contributed by atoms with E-state index in [0.717, 1.165) is 66.3 Å². The molecule has 5 aromatic carbocycles. The van der Waals surface area contributed by atoms with Gasteiger partial charge in [-0.05, 0) is 40.7 Å². The fraction of sp³-hybridized carbons (Fsp3) is 0.579. The number of esters is 2. The van der Waals surface area contributed by atoms with Crippen molar-refractivity contribution in [2.24, 2.45) is 0 Å². The van der Waals surface area contributed by atoms with E-state index in [1.54, 1.807) is 0 Å². The summed E-state index contributed by atoms with van der Waals surface area (Å²) in [5.74, 6) is -0.701. The summed E-state index contributed by atoms with van der Waals surface area (Å²) in [6.45, 7) is 5.17. The Morgan fingerprint density at radius 1 is 0.360 bits per heavy atom. The van der Waals surface area contributed by atoms with Crippen molar-refractivity contribution in [2.75, 3.05) is 13.2 Å². The molecule has 1 aliphatic rings. The monoisotopic (exact) mass is 1260 g/mol. The Morgan fingerprint density at radius 3 is 1.03 bits per heavy atom. The zero-order chi connectivity index (χ0) is 62.5. The minimum atomic E-state index is -2.32. The normalized spacial score (nSPS) is 18.1. The molecule has 1 aliphatic carbocycles. The van der Waals surface area contributed by atoms with E-state index >= 15 is 0 Å². The van der Waals surface area contributed by atoms with Gasteiger partial charge in [0.15, 0.2) is 6.10 Å². The Bertz CT molecular complexity index is 2500. The van der Waals surface area contributed by atoms with Crippen molar-refractivity contribution in [3.8, 4) is 0 Å². The second-order valence-corrected chi connectivity index (χ2v) is 25.8. The minimum absolute atomic E-state index is 0.128. The van der Waals surface area contributed by atoms with Gasteiger partial charge in [-0.15, -0.1) is 11.6 Å². The van der Waals surface area contributed by atoms with E-state index in [0.29, 0.717) is 6.42 Å². The molecule has 5 aromatic rings. The summed E-state index contributed by atoms with van der Waals surface area (Å²) in [7, 11) is -2.32. The van der Waals surface area contributed by atoms with E-state index in [4.69, 9.17) is 53.6 Å². The van der Waals surface area contributed by atoms with Crippen molar-refractivity contribution in [3.63, 3.8) is 0 Å². The van der Waals surface area contributed by atoms with Crippen LogP contribution in [0.1, 0.15) is 221 Å². The van der Waals surface area contributed by atoms with E-state index in [1.165, 1.54) is 122 Å². The van der Waals surface area contributed by atoms with Gasteiger partial charge in [0.25, 0.3) is 0 Å². The van der Waals surface area contributed by atoms with Crippen molar-refractivity contribution in [1.29, 1.82) is 0 Å². The van der Waals surface area contributed by atoms with Gasteiger partial charge in [0.05, 0.1) is 45.0 Å². The average molecular weight is 1260 g/mol. The van der Waals surface area contributed by atoms with E-state index in [9.17, 15) is 9.59 Å². The van der Waals surface area contributed by atoms with Crippen LogP contribution in [0.2, 0.25) is 0 Å². The van der Waals surface area contributed by atoms with Crippen LogP contribution in [0.3, 0.4) is 0 Å². The number of alkyl halides is 1. The van der Waals surface area contributed by atoms with Crippen LogP contribution in [0.25, 0.3) is 0 Å². The third kappa shape index (κ3) is 31.6. The molecular formula is C76H108ClO11P. The van der Waals surface area contributed by atoms with E-state index in [1.807, 2.05) is 152 Å². The SMILES string of the molecule is CCCCCCCCCCCCCCCC(=O)OC[C@H](COP(OCc1ccccc1)O[C@H]1[C@H](OCc2ccccc2)[C@@H](OCc2ccccc2)[C@H](OCc2ccccc2)[C@@H](Cl)[C@H]1OCc1ccccc1)OC(=O)CCCCCCCCCCCCCCC. The number of hydrogen-bond acceptors (Lipinski definition) is 11. The Kier molecular flexibility index (Phi) is 39.1. The van der Waals surface area contributed by atoms with Gasteiger partial charge in [0.1, 0.15) is 37.1 Å². The van der Waals surface area contributed by atoms with Crippen LogP contribution >= 0.6 is 20.2 Å². The first-order valence-corrected chi connectivity index (χ1v) is 35.8. The third-order valence-corrected chi connectivity index (χ3v) is 18.1. The molecule has 0 spiro atoms. The lowest BCUT2D eigenvalue weighted by molar-refractivity contribution is -0.231. The molecule has 0 aliphatic heterocycles. The minimum Gasteiger partial charge on any atom is -0.462 e. The Morgan fingerprint density at radius 2 is 0.663 bits per heavy atom. The Hall–Kier alpha value is -4.52. The second-order valence-electron chi connectivity index (χ2n) is 24.1. The zero-order valence-electron chi connectivity index (χ0n) is 54.0. The first kappa shape index (κ1) is 73.5. The predicted octanol–water partition coefficient (Wildman–Crippen LogP) is 20.2. The third-order valence-electron chi connectivity index (χ3n) is 16.5. The smallest absolute Gasteiger partial charge is 0.333 e. The molecular weight excluding hydrogens is 1160 g/mol. The van der Waals surface area contributed by atoms with Crippen LogP contribution in [0.4, 0.5) is 0 Å². The lowest BCUT2D eigenvalue weighted by Gasteiger charge is -2.48. The largest absolute Gasteiger partial charge is 0.462 e. The number of carbonyl (C=O) groups excluding carboxylic acids is 2. The molecule has 13 heteroatoms. The molecule has 490 valence electrons. The summed E-state index contributed by atoms with van der Waals surface area (Å²) >= 11 is 7.81. The standard InChI is InChI=1S/C76H108ClO11P/c1-3-5-7-9-11-13-15-17-19-21-23-25-42-54-69(78)80-61-68(87-70(79)55-43-26-24-22-20-18-16-14-12-10-8-6-4-2)62-86-89(85-60-67-52-40-31-41-53-67)88-76-73(82-57-64-46-34-28-35-47-64)71(77)72(81-56-63-44-32-27-33-45-63)74(83-58-65-48-36-29-37-49-65)75(76)84-59-66-50-38-30-39-51-66/h27-41,44-53,68,71-76H,3-26,42-43,54-62H2,1-2H3/t68-,71-,72-,73-,74+,75-,76-,89?/m1/s1. The average Bonchev–Trinajstić information content (AvgIpc) is 2.00. The molecule has 8 atom stereocenters. The lowest BCUT2D eigenvalue weighted by Crippen LogP contribution is -2.65. The van der Waals surface area contributed by atoms with Crippen molar-refractivity contribution < 1.29 is 51.6 Å². The molecule has 1 saturated carbocycles. The number of unbranched alkanes of at least 4 members (excludes halogenated alkanes) is 24. The van der Waals surface area contributed by atoms with Gasteiger partial charge in [-0.1, -0.05) is 320 Å². The maximum atomic E-state index is 13.8. The predicted molar refractivity (Wildman–Crippen MR) is 360 cm³/mol. The molecule has 0 bridgehead atoms. The molecule has 0 saturated heterocycles. The number of benzene rings is 5. The van der Waals surface area contributed by atoms with Gasteiger partial charge in [0.2, 0.25) is 0 Å². The summed E-state index contributed by atoms with van der Waals surface area (Å²) in [5.41, 5.74) is 4.69. The highest BCUT2D eigenvalue weighted by molar-refractivity contribution is 7.41. The molecule has 1 fully saturated rings. The molecule has 1 unspecified atom stereocenters. The summed E-state index contributed by atoms with van der Waals surface area (Å²) in [6, 6.07) is 49.6. The molecule has 0 aromatic heterocycles. The molecule has 0 radical (unpaired) electrons. The highest BCUT2D eigenvalue weighted by Gasteiger charge is 2.55. The highest BCUT2D eigenvalue weighted by Crippen LogP contribution is 2.48. The topological polar surface area (TPSA) is 117 Å². The van der Waals surface area contributed by atoms with Crippen LogP contribution in [0, 0.1) is 0 Å². The number of hydrogen-bond donors (Lipinski definition) is 0. The maximum Gasteiger partial charge on any atom is 0.333 e. The molecule has 0 N–H and O–H groups in total. The number of carbonyl (C=O) groups is 2. The molecule has 0 heterocycles. The summed E-state index contributed by atoms with van der Waals surface area (Å²) in [6.07, 6.45) is 26.7. The van der Waals surface area contributed by atoms with Crippen molar-refractivity contribution in [2.45, 2.75) is 269 Å². The van der Waals surface area contributed by atoms with Crippen LogP contribution in [0.15, 0.2) is 152 Å². The van der Waals surface area contributed by atoms with E-state index in [-0.39, 0.29) is 71.0 Å². The van der Waals surface area contributed by atoms with Gasteiger partial charge in [-0.2, -0.15) is 0 Å². The molecule has 6 rings (SSSR count). The Balaban J connectivity index is 1.20. The highest BCUT2D eigenvalue weighted by atomic mass is 35.5. The van der Waals surface area contributed by atoms with E-state index in [2.05, 4.69) is 13.8 Å². The van der Waals surface area contributed by atoms with Crippen LogP contribution in [-0.2, 0) is 84.6 Å². The Labute approximate surface area is 542 Å². The first-order chi connectivity index (χ1) is 43.9. The number of rotatable bonds is 51. The van der Waals surface area contributed by atoms with E-state index < -0.39 is 50.6 Å². The number of halogens is 1. The zero-order valence-corrected chi connectivity index (χ0v) is 55.7. The molecule has 0 amide bonds. The summed E-state index contributed by atoms with van der Waals surface area (Å²) < 4.78 is 60.8. The van der Waals surface area contributed by atoms with Crippen LogP contribution in [0.5, 0.6) is 0 Å². The van der Waals surface area contributed by atoms with Crippen molar-refractivity contribution in [1.82, 2.24) is 0 Å². The second kappa shape index (κ2) is 47.4. The molecule has 89 heavy (non-hydrogen) atoms. The van der Waals surface area contributed by atoms with Crippen LogP contribution in [-0.4, -0.2) is 67.2 Å². The fourth-order valence-electron chi connectivity index (χ4n) is 11.3. The van der Waals surface area contributed by atoms with Crippen molar-refractivity contribution in [3.05, 3.63) is 179 Å². The van der Waals surface area contributed by atoms with Gasteiger partial charge in [-0.25, -0.2) is 0 Å². The number of ether oxygens (including phenoxy) is 6. The van der Waals surface area contributed by atoms with Gasteiger partial charge in [-0.3, -0.25) is 9.59 Å². The van der Waals surface area contributed by atoms with Gasteiger partial charge < -0.3 is 42.0 Å². The first-order valence-electron chi connectivity index (χ1n) is 34.3.